The van der Waals surface area contributed by atoms with Crippen LogP contribution >= 0.6 is 12.2 Å². The summed E-state index contributed by atoms with van der Waals surface area (Å²) in [6.07, 6.45) is 4.09. The van der Waals surface area contributed by atoms with Crippen LogP contribution in [0.1, 0.15) is 33.6 Å². The van der Waals surface area contributed by atoms with Gasteiger partial charge in [0, 0.05) is 11.6 Å². The first-order valence-corrected chi connectivity index (χ1v) is 4.48. The fourth-order valence-corrected chi connectivity index (χ4v) is 1.03. The summed E-state index contributed by atoms with van der Waals surface area (Å²) >= 11 is 4.60. The Bertz CT molecular complexity index is 175. The fraction of sp³-hybridized carbons (Fsp3) is 0.750. The molecule has 0 bridgehead atoms. The summed E-state index contributed by atoms with van der Waals surface area (Å²) in [4.78, 5) is 0. The number of hydrogen-bond donors (Lipinski definition) is 2. The van der Waals surface area contributed by atoms with Crippen LogP contribution in [0.25, 0.3) is 0 Å². The van der Waals surface area contributed by atoms with Gasteiger partial charge in [-0.2, -0.15) is 5.10 Å². The highest BCUT2D eigenvalue weighted by atomic mass is 32.1. The van der Waals surface area contributed by atoms with E-state index in [4.69, 9.17) is 5.73 Å². The highest BCUT2D eigenvalue weighted by Crippen LogP contribution is 2.18. The van der Waals surface area contributed by atoms with Gasteiger partial charge in [0.25, 0.3) is 0 Å². The largest absolute Gasteiger partial charge is 0.375 e. The van der Waals surface area contributed by atoms with Crippen molar-refractivity contribution < 1.29 is 0 Å². The average molecular weight is 187 g/mol. The number of rotatable bonds is 4. The lowest BCUT2D eigenvalue weighted by molar-refractivity contribution is 0.478. The van der Waals surface area contributed by atoms with Gasteiger partial charge in [-0.3, -0.25) is 5.43 Å². The van der Waals surface area contributed by atoms with Gasteiger partial charge in [-0.25, -0.2) is 0 Å². The van der Waals surface area contributed by atoms with E-state index in [2.05, 4.69) is 43.5 Å². The number of nitrogens with one attached hydrogen (secondary N) is 1. The molecule has 0 aliphatic carbocycles. The van der Waals surface area contributed by atoms with E-state index in [1.807, 2.05) is 6.21 Å². The highest BCUT2D eigenvalue weighted by molar-refractivity contribution is 7.80. The maximum absolute atomic E-state index is 5.20. The normalized spacial score (nSPS) is 11.9. The van der Waals surface area contributed by atoms with Crippen molar-refractivity contribution in [3.05, 3.63) is 0 Å². The lowest BCUT2D eigenvalue weighted by atomic mass is 9.90. The van der Waals surface area contributed by atoms with E-state index >= 15 is 0 Å². The van der Waals surface area contributed by atoms with Crippen molar-refractivity contribution in [3.8, 4) is 0 Å². The summed E-state index contributed by atoms with van der Waals surface area (Å²) < 4.78 is 0. The van der Waals surface area contributed by atoms with Crippen LogP contribution in [-0.4, -0.2) is 11.3 Å². The summed E-state index contributed by atoms with van der Waals surface area (Å²) in [6, 6.07) is 0. The van der Waals surface area contributed by atoms with Gasteiger partial charge in [0.1, 0.15) is 0 Å². The molecule has 0 radical (unpaired) electrons. The van der Waals surface area contributed by atoms with Crippen molar-refractivity contribution in [2.24, 2.45) is 16.3 Å². The zero-order valence-electron chi connectivity index (χ0n) is 7.92. The molecular formula is C8H17N3S. The minimum Gasteiger partial charge on any atom is -0.375 e. The molecule has 0 rings (SSSR count). The number of hydrazone groups is 1. The molecule has 0 saturated heterocycles. The lowest BCUT2D eigenvalue weighted by Gasteiger charge is -2.17. The van der Waals surface area contributed by atoms with Gasteiger partial charge in [-0.05, 0) is 18.6 Å². The van der Waals surface area contributed by atoms with Crippen LogP contribution in [0, 0.1) is 5.41 Å². The average Bonchev–Trinajstić information content (AvgIpc) is 1.85. The standard InChI is InChI=1S/C8H17N3S/c1-4-5-8(2,3)6-10-11-7(9)12/h6H,4-5H2,1-3H3,(H3,9,11,12). The quantitative estimate of drug-likeness (QED) is 0.399. The van der Waals surface area contributed by atoms with Gasteiger partial charge in [-0.15, -0.1) is 0 Å². The molecule has 12 heavy (non-hydrogen) atoms. The second kappa shape index (κ2) is 5.09. The second-order valence-electron chi connectivity index (χ2n) is 3.47. The molecule has 0 amide bonds. The van der Waals surface area contributed by atoms with Crippen LogP contribution in [0.5, 0.6) is 0 Å². The van der Waals surface area contributed by atoms with Gasteiger partial charge in [-0.1, -0.05) is 27.2 Å². The third kappa shape index (κ3) is 6.09. The number of nitrogens with zero attached hydrogens (tertiary/aromatic N) is 1. The minimum atomic E-state index is 0.118. The molecule has 0 aromatic heterocycles. The Morgan fingerprint density at radius 2 is 2.25 bits per heavy atom. The van der Waals surface area contributed by atoms with Gasteiger partial charge in [0.05, 0.1) is 0 Å². The Labute approximate surface area is 79.4 Å². The zero-order chi connectivity index (χ0) is 9.61. The van der Waals surface area contributed by atoms with Crippen LogP contribution in [0.3, 0.4) is 0 Å². The van der Waals surface area contributed by atoms with Crippen molar-refractivity contribution in [2.75, 3.05) is 0 Å². The van der Waals surface area contributed by atoms with E-state index in [-0.39, 0.29) is 10.5 Å². The first-order valence-electron chi connectivity index (χ1n) is 4.07. The van der Waals surface area contributed by atoms with Crippen molar-refractivity contribution >= 4 is 23.5 Å². The number of hydrogen-bond acceptors (Lipinski definition) is 2. The number of thiocarbonyl (C=S) groups is 1. The van der Waals surface area contributed by atoms with Crippen molar-refractivity contribution in [1.29, 1.82) is 0 Å². The molecule has 0 aromatic carbocycles. The monoisotopic (exact) mass is 187 g/mol. The van der Waals surface area contributed by atoms with E-state index in [0.717, 1.165) is 12.8 Å². The molecule has 70 valence electrons. The summed E-state index contributed by atoms with van der Waals surface area (Å²) in [5, 5.41) is 4.13. The van der Waals surface area contributed by atoms with Crippen molar-refractivity contribution in [3.63, 3.8) is 0 Å². The topological polar surface area (TPSA) is 50.4 Å². The Hall–Kier alpha value is -0.640. The Morgan fingerprint density at radius 3 is 2.67 bits per heavy atom. The Morgan fingerprint density at radius 1 is 1.67 bits per heavy atom. The number of nitrogens with two attached hydrogens (primary N) is 1. The summed E-state index contributed by atoms with van der Waals surface area (Å²) in [6.45, 7) is 6.40. The molecule has 4 heteroatoms. The molecule has 3 nitrogen and oxygen atoms in total. The van der Waals surface area contributed by atoms with Crippen molar-refractivity contribution in [2.45, 2.75) is 33.6 Å². The van der Waals surface area contributed by atoms with E-state index < -0.39 is 0 Å². The maximum Gasteiger partial charge on any atom is 0.184 e. The Kier molecular flexibility index (Phi) is 4.81. The summed E-state index contributed by atoms with van der Waals surface area (Å²) in [7, 11) is 0. The third-order valence-corrected chi connectivity index (χ3v) is 1.57. The SMILES string of the molecule is CCCC(C)(C)C=NNC(N)=S. The van der Waals surface area contributed by atoms with Crippen LogP contribution in [0.4, 0.5) is 0 Å². The van der Waals surface area contributed by atoms with Crippen LogP contribution in [0.2, 0.25) is 0 Å². The molecule has 0 aromatic rings. The maximum atomic E-state index is 5.20. The third-order valence-electron chi connectivity index (χ3n) is 1.48. The molecule has 0 aliphatic rings. The molecule has 0 heterocycles. The molecule has 0 unspecified atom stereocenters. The van der Waals surface area contributed by atoms with E-state index in [1.54, 1.807) is 0 Å². The first kappa shape index (κ1) is 11.4. The van der Waals surface area contributed by atoms with Gasteiger partial charge >= 0.3 is 0 Å². The smallest absolute Gasteiger partial charge is 0.184 e. The highest BCUT2D eigenvalue weighted by Gasteiger charge is 2.12. The molecular weight excluding hydrogens is 170 g/mol. The molecule has 0 saturated carbocycles. The van der Waals surface area contributed by atoms with E-state index in [0.29, 0.717) is 0 Å². The fourth-order valence-electron chi connectivity index (χ4n) is 0.980. The molecule has 0 aliphatic heterocycles. The summed E-state index contributed by atoms with van der Waals surface area (Å²) in [5.41, 5.74) is 7.86. The van der Waals surface area contributed by atoms with Crippen molar-refractivity contribution in [1.82, 2.24) is 5.43 Å². The lowest BCUT2D eigenvalue weighted by Crippen LogP contribution is -2.25. The Balaban J connectivity index is 3.86. The molecule has 0 atom stereocenters. The van der Waals surface area contributed by atoms with Gasteiger partial charge in [0.2, 0.25) is 0 Å². The summed E-state index contributed by atoms with van der Waals surface area (Å²) in [5.74, 6) is 0. The molecule has 3 N–H and O–H groups in total. The van der Waals surface area contributed by atoms with Crippen LogP contribution < -0.4 is 11.2 Å². The van der Waals surface area contributed by atoms with E-state index in [9.17, 15) is 0 Å². The first-order chi connectivity index (χ1) is 5.48. The zero-order valence-corrected chi connectivity index (χ0v) is 8.74. The second-order valence-corrected chi connectivity index (χ2v) is 3.91. The molecule has 0 spiro atoms. The van der Waals surface area contributed by atoms with Gasteiger partial charge in [0.15, 0.2) is 5.11 Å². The predicted molar refractivity (Wildman–Crippen MR) is 57.1 cm³/mol. The van der Waals surface area contributed by atoms with Crippen LogP contribution in [0.15, 0.2) is 5.10 Å². The predicted octanol–water partition coefficient (Wildman–Crippen LogP) is 1.63. The van der Waals surface area contributed by atoms with Gasteiger partial charge < -0.3 is 5.73 Å². The minimum absolute atomic E-state index is 0.118. The van der Waals surface area contributed by atoms with Crippen LogP contribution in [-0.2, 0) is 0 Å². The van der Waals surface area contributed by atoms with E-state index in [1.165, 1.54) is 0 Å². The molecule has 0 fully saturated rings.